The van der Waals surface area contributed by atoms with Crippen LogP contribution in [0.2, 0.25) is 0 Å². The van der Waals surface area contributed by atoms with Crippen molar-refractivity contribution in [2.75, 3.05) is 27.4 Å². The fourth-order valence-electron chi connectivity index (χ4n) is 1.87. The number of carboxylic acid groups (broad SMARTS) is 2. The smallest absolute Gasteiger partial charge is 0.309 e. The summed E-state index contributed by atoms with van der Waals surface area (Å²) >= 11 is 0. The second-order valence-corrected chi connectivity index (χ2v) is 4.32. The first-order chi connectivity index (χ1) is 8.48. The van der Waals surface area contributed by atoms with Crippen LogP contribution in [0.3, 0.4) is 0 Å². The minimum Gasteiger partial charge on any atom is -0.481 e. The van der Waals surface area contributed by atoms with Crippen molar-refractivity contribution in [3.8, 4) is 0 Å². The van der Waals surface area contributed by atoms with Crippen LogP contribution in [-0.2, 0) is 19.1 Å². The minimum absolute atomic E-state index is 0.0189. The average Bonchev–Trinajstić information content (AvgIpc) is 2.31. The lowest BCUT2D eigenvalue weighted by Crippen LogP contribution is -2.34. The van der Waals surface area contributed by atoms with Crippen LogP contribution in [0.25, 0.3) is 0 Å². The van der Waals surface area contributed by atoms with Crippen molar-refractivity contribution in [3.05, 3.63) is 0 Å². The molecule has 2 N–H and O–H groups in total. The van der Waals surface area contributed by atoms with Gasteiger partial charge in [0.25, 0.3) is 0 Å². The topological polar surface area (TPSA) is 93.1 Å². The third-order valence-electron chi connectivity index (χ3n) is 3.07. The maximum atomic E-state index is 11.5. The number of rotatable bonds is 11. The normalized spacial score (nSPS) is 11.4. The van der Waals surface area contributed by atoms with Crippen molar-refractivity contribution in [1.29, 1.82) is 0 Å². The molecule has 6 heteroatoms. The van der Waals surface area contributed by atoms with Crippen molar-refractivity contribution >= 4 is 11.9 Å². The van der Waals surface area contributed by atoms with Gasteiger partial charge in [0.2, 0.25) is 0 Å². The molecule has 0 aliphatic rings. The first-order valence-electron chi connectivity index (χ1n) is 5.91. The summed E-state index contributed by atoms with van der Waals surface area (Å²) in [5.74, 6) is -1.82. The minimum atomic E-state index is -0.957. The lowest BCUT2D eigenvalue weighted by atomic mass is 9.77. The second kappa shape index (κ2) is 8.88. The summed E-state index contributed by atoms with van der Waals surface area (Å²) in [6, 6.07) is 0. The molecule has 0 aromatic carbocycles. The van der Waals surface area contributed by atoms with Crippen LogP contribution in [-0.4, -0.2) is 49.6 Å². The number of carbonyl (C=O) groups is 2. The number of methoxy groups -OCH3 is 2. The van der Waals surface area contributed by atoms with E-state index >= 15 is 0 Å². The highest BCUT2D eigenvalue weighted by Gasteiger charge is 2.37. The molecule has 0 fully saturated rings. The van der Waals surface area contributed by atoms with E-state index in [2.05, 4.69) is 0 Å². The number of ether oxygens (including phenoxy) is 2. The molecule has 0 spiro atoms. The number of hydrogen-bond donors (Lipinski definition) is 2. The zero-order valence-corrected chi connectivity index (χ0v) is 11.0. The van der Waals surface area contributed by atoms with Gasteiger partial charge in [-0.1, -0.05) is 0 Å². The van der Waals surface area contributed by atoms with Crippen molar-refractivity contribution in [3.63, 3.8) is 0 Å². The zero-order chi connectivity index (χ0) is 14.0. The molecular formula is C12H22O6. The predicted octanol–water partition coefficient (Wildman–Crippen LogP) is 1.39. The number of carboxylic acids is 2. The van der Waals surface area contributed by atoms with E-state index in [0.717, 1.165) is 0 Å². The second-order valence-electron chi connectivity index (χ2n) is 4.32. The highest BCUT2D eigenvalue weighted by atomic mass is 16.5. The molecule has 0 amide bonds. The largest absolute Gasteiger partial charge is 0.481 e. The number of hydrogen-bond acceptors (Lipinski definition) is 4. The summed E-state index contributed by atoms with van der Waals surface area (Å²) < 4.78 is 9.87. The molecule has 0 aliphatic heterocycles. The van der Waals surface area contributed by atoms with E-state index in [1.165, 1.54) is 14.2 Å². The molecule has 0 aromatic rings. The van der Waals surface area contributed by atoms with Gasteiger partial charge in [-0.15, -0.1) is 0 Å². The summed E-state index contributed by atoms with van der Waals surface area (Å²) in [5.41, 5.74) is -0.957. The molecule has 0 radical (unpaired) electrons. The molecule has 0 aromatic heterocycles. The van der Waals surface area contributed by atoms with Gasteiger partial charge in [0, 0.05) is 33.9 Å². The average molecular weight is 262 g/mol. The van der Waals surface area contributed by atoms with Crippen molar-refractivity contribution in [1.82, 2.24) is 0 Å². The van der Waals surface area contributed by atoms with Crippen LogP contribution in [0.5, 0.6) is 0 Å². The van der Waals surface area contributed by atoms with Crippen LogP contribution in [0.4, 0.5) is 0 Å². The highest BCUT2D eigenvalue weighted by Crippen LogP contribution is 2.33. The third kappa shape index (κ3) is 5.97. The van der Waals surface area contributed by atoms with Crippen molar-refractivity contribution < 1.29 is 29.3 Å². The van der Waals surface area contributed by atoms with Crippen LogP contribution < -0.4 is 0 Å². The molecule has 0 heterocycles. The Labute approximate surface area is 107 Å². The Morgan fingerprint density at radius 2 is 1.50 bits per heavy atom. The van der Waals surface area contributed by atoms with Gasteiger partial charge in [0.05, 0.1) is 5.41 Å². The quantitative estimate of drug-likeness (QED) is 0.584. The molecule has 0 unspecified atom stereocenters. The van der Waals surface area contributed by atoms with Gasteiger partial charge in [-0.05, 0) is 25.7 Å². The monoisotopic (exact) mass is 262 g/mol. The Hall–Kier alpha value is -1.14. The maximum absolute atomic E-state index is 11.5. The van der Waals surface area contributed by atoms with Gasteiger partial charge < -0.3 is 19.7 Å². The Bertz CT molecular complexity index is 255. The summed E-state index contributed by atoms with van der Waals surface area (Å²) in [5, 5.41) is 18.0. The Balaban J connectivity index is 4.59. The maximum Gasteiger partial charge on any atom is 0.309 e. The summed E-state index contributed by atoms with van der Waals surface area (Å²) in [6.07, 6.45) is 1.37. The fraction of sp³-hybridized carbons (Fsp3) is 0.833. The summed E-state index contributed by atoms with van der Waals surface area (Å²) in [4.78, 5) is 21.9. The molecule has 0 aliphatic carbocycles. The molecule has 0 rings (SSSR count). The number of aliphatic carboxylic acids is 2. The molecule has 0 saturated carbocycles. The standard InChI is InChI=1S/C12H22O6/c1-17-8-6-12(11(15)16,7-9-18-2)5-3-4-10(13)14/h3-9H2,1-2H3,(H,13,14)(H,15,16). The van der Waals surface area contributed by atoms with Crippen LogP contribution >= 0.6 is 0 Å². The fourth-order valence-corrected chi connectivity index (χ4v) is 1.87. The van der Waals surface area contributed by atoms with E-state index in [0.29, 0.717) is 38.9 Å². The molecule has 6 nitrogen and oxygen atoms in total. The van der Waals surface area contributed by atoms with E-state index in [9.17, 15) is 14.7 Å². The SMILES string of the molecule is COCCC(CCCC(=O)O)(CCOC)C(=O)O. The van der Waals surface area contributed by atoms with Gasteiger partial charge >= 0.3 is 11.9 Å². The molecule has 18 heavy (non-hydrogen) atoms. The van der Waals surface area contributed by atoms with E-state index in [-0.39, 0.29) is 6.42 Å². The Morgan fingerprint density at radius 1 is 1.00 bits per heavy atom. The first kappa shape index (κ1) is 16.9. The molecule has 0 saturated heterocycles. The van der Waals surface area contributed by atoms with E-state index in [1.54, 1.807) is 0 Å². The highest BCUT2D eigenvalue weighted by molar-refractivity contribution is 5.74. The summed E-state index contributed by atoms with van der Waals surface area (Å²) in [6.45, 7) is 0.673. The van der Waals surface area contributed by atoms with E-state index in [4.69, 9.17) is 14.6 Å². The lowest BCUT2D eigenvalue weighted by Gasteiger charge is -2.29. The van der Waals surface area contributed by atoms with Gasteiger partial charge in [0.15, 0.2) is 0 Å². The molecule has 106 valence electrons. The Morgan fingerprint density at radius 3 is 1.83 bits per heavy atom. The molecule has 0 bridgehead atoms. The van der Waals surface area contributed by atoms with Gasteiger partial charge in [0.1, 0.15) is 0 Å². The first-order valence-corrected chi connectivity index (χ1v) is 5.91. The van der Waals surface area contributed by atoms with Crippen molar-refractivity contribution in [2.24, 2.45) is 5.41 Å². The summed E-state index contributed by atoms with van der Waals surface area (Å²) in [7, 11) is 3.03. The molecule has 0 atom stereocenters. The predicted molar refractivity (Wildman–Crippen MR) is 64.5 cm³/mol. The van der Waals surface area contributed by atoms with Crippen LogP contribution in [0.1, 0.15) is 32.1 Å². The van der Waals surface area contributed by atoms with E-state index < -0.39 is 17.4 Å². The van der Waals surface area contributed by atoms with E-state index in [1.807, 2.05) is 0 Å². The van der Waals surface area contributed by atoms with Crippen LogP contribution in [0.15, 0.2) is 0 Å². The van der Waals surface area contributed by atoms with Gasteiger partial charge in [-0.2, -0.15) is 0 Å². The van der Waals surface area contributed by atoms with Crippen molar-refractivity contribution in [2.45, 2.75) is 32.1 Å². The lowest BCUT2D eigenvalue weighted by molar-refractivity contribution is -0.152. The molecular weight excluding hydrogens is 240 g/mol. The Kier molecular flexibility index (Phi) is 8.32. The zero-order valence-electron chi connectivity index (χ0n) is 11.0. The van der Waals surface area contributed by atoms with Crippen LogP contribution in [0, 0.1) is 5.41 Å². The van der Waals surface area contributed by atoms with Gasteiger partial charge in [-0.3, -0.25) is 9.59 Å². The third-order valence-corrected chi connectivity index (χ3v) is 3.07. The van der Waals surface area contributed by atoms with Gasteiger partial charge in [-0.25, -0.2) is 0 Å².